The quantitative estimate of drug-likeness (QED) is 0.463. The summed E-state index contributed by atoms with van der Waals surface area (Å²) in [7, 11) is -3.86. The van der Waals surface area contributed by atoms with E-state index in [4.69, 9.17) is 16.3 Å². The Morgan fingerprint density at radius 3 is 2.39 bits per heavy atom. The van der Waals surface area contributed by atoms with Crippen LogP contribution in [-0.4, -0.2) is 49.6 Å². The molecule has 176 valence electrons. The normalized spacial score (nSPS) is 15.5. The van der Waals surface area contributed by atoms with Crippen molar-refractivity contribution >= 4 is 45.0 Å². The first kappa shape index (κ1) is 24.9. The minimum absolute atomic E-state index is 0.00766. The zero-order valence-electron chi connectivity index (χ0n) is 18.3. The van der Waals surface area contributed by atoms with Crippen LogP contribution in [0.2, 0.25) is 5.02 Å². The fourth-order valence-corrected chi connectivity index (χ4v) is 5.43. The molecule has 1 aliphatic heterocycles. The number of rotatable bonds is 7. The number of sulfonamides is 1. The van der Waals surface area contributed by atoms with Crippen molar-refractivity contribution in [1.29, 1.82) is 0 Å². The molecule has 8 nitrogen and oxygen atoms in total. The molecule has 0 spiro atoms. The molecule has 10 heteroatoms. The predicted octanol–water partition coefficient (Wildman–Crippen LogP) is 3.90. The lowest BCUT2D eigenvalue weighted by molar-refractivity contribution is -0.123. The molecule has 2 aromatic carbocycles. The topological polar surface area (TPSA) is 110 Å². The molecule has 1 N–H and O–H groups in total. The number of piperidine rings is 1. The van der Waals surface area contributed by atoms with Crippen LogP contribution in [0.25, 0.3) is 0 Å². The zero-order chi connectivity index (χ0) is 24.2. The van der Waals surface area contributed by atoms with E-state index >= 15 is 0 Å². The van der Waals surface area contributed by atoms with Crippen LogP contribution in [-0.2, 0) is 19.6 Å². The second kappa shape index (κ2) is 10.5. The van der Waals surface area contributed by atoms with Gasteiger partial charge in [-0.3, -0.25) is 9.59 Å². The van der Waals surface area contributed by atoms with Crippen molar-refractivity contribution in [3.8, 4) is 0 Å². The number of nitrogens with one attached hydrogen (secondary N) is 1. The summed E-state index contributed by atoms with van der Waals surface area (Å²) >= 11 is 6.14. The lowest BCUT2D eigenvalue weighted by atomic mass is 10.1. The van der Waals surface area contributed by atoms with Gasteiger partial charge < -0.3 is 10.1 Å². The Kier molecular flexibility index (Phi) is 7.88. The molecule has 0 aliphatic carbocycles. The van der Waals surface area contributed by atoms with E-state index in [1.165, 1.54) is 42.4 Å². The molecule has 1 aliphatic rings. The van der Waals surface area contributed by atoms with Gasteiger partial charge in [0.2, 0.25) is 10.0 Å². The molecule has 1 atom stereocenters. The Hall–Kier alpha value is -2.75. The number of ether oxygens (including phenoxy) is 1. The molecule has 0 bridgehead atoms. The Morgan fingerprint density at radius 1 is 1.03 bits per heavy atom. The highest BCUT2D eigenvalue weighted by Crippen LogP contribution is 2.28. The van der Waals surface area contributed by atoms with Gasteiger partial charge in [-0.25, -0.2) is 13.2 Å². The number of amides is 1. The minimum atomic E-state index is -3.86. The van der Waals surface area contributed by atoms with Crippen LogP contribution in [0.4, 0.5) is 5.69 Å². The van der Waals surface area contributed by atoms with Crippen molar-refractivity contribution in [3.63, 3.8) is 0 Å². The molecule has 1 heterocycles. The van der Waals surface area contributed by atoms with Crippen LogP contribution in [0.15, 0.2) is 47.4 Å². The molecular weight excluding hydrogens is 468 g/mol. The lowest BCUT2D eigenvalue weighted by Gasteiger charge is -2.26. The molecule has 3 rings (SSSR count). The Labute approximate surface area is 197 Å². The minimum Gasteiger partial charge on any atom is -0.449 e. The van der Waals surface area contributed by atoms with Gasteiger partial charge in [-0.05, 0) is 57.0 Å². The fraction of sp³-hybridized carbons (Fsp3) is 0.348. The lowest BCUT2D eigenvalue weighted by Crippen LogP contribution is -2.36. The third kappa shape index (κ3) is 5.98. The first-order chi connectivity index (χ1) is 15.6. The van der Waals surface area contributed by atoms with Crippen molar-refractivity contribution in [2.24, 2.45) is 0 Å². The van der Waals surface area contributed by atoms with Crippen LogP contribution in [0, 0.1) is 0 Å². The van der Waals surface area contributed by atoms with Crippen molar-refractivity contribution in [3.05, 3.63) is 58.6 Å². The van der Waals surface area contributed by atoms with Gasteiger partial charge in [-0.1, -0.05) is 30.2 Å². The summed E-state index contributed by atoms with van der Waals surface area (Å²) in [5.74, 6) is -1.61. The molecular formula is C23H25ClN2O6S. The molecule has 33 heavy (non-hydrogen) atoms. The van der Waals surface area contributed by atoms with E-state index in [9.17, 15) is 22.8 Å². The van der Waals surface area contributed by atoms with Crippen molar-refractivity contribution in [2.45, 2.75) is 44.1 Å². The number of benzene rings is 2. The standard InChI is InChI=1S/C23H25ClN2O6S/c1-15(27)17-7-6-8-19(13-17)25-22(28)16(2)32-23(29)18-9-10-20(24)21(14-18)33(30,31)26-11-4-3-5-12-26/h6-10,13-14,16H,3-5,11-12H2,1-2H3,(H,25,28). The average molecular weight is 493 g/mol. The summed E-state index contributed by atoms with van der Waals surface area (Å²) in [6, 6.07) is 10.2. The molecule has 2 aromatic rings. The molecule has 1 amide bonds. The van der Waals surface area contributed by atoms with Crippen molar-refractivity contribution in [1.82, 2.24) is 4.31 Å². The van der Waals surface area contributed by atoms with Crippen LogP contribution >= 0.6 is 11.6 Å². The average Bonchev–Trinajstić information content (AvgIpc) is 2.79. The van der Waals surface area contributed by atoms with Crippen LogP contribution < -0.4 is 5.32 Å². The monoisotopic (exact) mass is 492 g/mol. The van der Waals surface area contributed by atoms with Crippen molar-refractivity contribution < 1.29 is 27.5 Å². The van der Waals surface area contributed by atoms with Gasteiger partial charge in [0.1, 0.15) is 4.90 Å². The molecule has 1 fully saturated rings. The summed E-state index contributed by atoms with van der Waals surface area (Å²) in [4.78, 5) is 36.4. The summed E-state index contributed by atoms with van der Waals surface area (Å²) < 4.78 is 32.6. The number of ketones is 1. The van der Waals surface area contributed by atoms with Gasteiger partial charge in [0.05, 0.1) is 10.6 Å². The number of hydrogen-bond donors (Lipinski definition) is 1. The van der Waals surface area contributed by atoms with E-state index in [-0.39, 0.29) is 21.3 Å². The maximum absolute atomic E-state index is 13.0. The molecule has 0 saturated carbocycles. The number of hydrogen-bond acceptors (Lipinski definition) is 6. The highest BCUT2D eigenvalue weighted by atomic mass is 35.5. The Morgan fingerprint density at radius 2 is 1.73 bits per heavy atom. The number of anilines is 1. The number of halogens is 1. The first-order valence-corrected chi connectivity index (χ1v) is 12.3. The van der Waals surface area contributed by atoms with E-state index in [0.29, 0.717) is 24.3 Å². The zero-order valence-corrected chi connectivity index (χ0v) is 19.9. The second-order valence-electron chi connectivity index (χ2n) is 7.78. The number of esters is 1. The van der Waals surface area contributed by atoms with Crippen LogP contribution in [0.5, 0.6) is 0 Å². The molecule has 1 unspecified atom stereocenters. The largest absolute Gasteiger partial charge is 0.449 e. The molecule has 0 aromatic heterocycles. The second-order valence-corrected chi connectivity index (χ2v) is 10.1. The van der Waals surface area contributed by atoms with E-state index in [0.717, 1.165) is 19.3 Å². The smallest absolute Gasteiger partial charge is 0.338 e. The number of nitrogens with zero attached hydrogens (tertiary/aromatic N) is 1. The third-order valence-electron chi connectivity index (χ3n) is 5.29. The maximum atomic E-state index is 13.0. The van der Waals surface area contributed by atoms with Gasteiger partial charge in [0.25, 0.3) is 5.91 Å². The van der Waals surface area contributed by atoms with Gasteiger partial charge in [-0.2, -0.15) is 4.31 Å². The highest BCUT2D eigenvalue weighted by Gasteiger charge is 2.29. The summed E-state index contributed by atoms with van der Waals surface area (Å²) in [5.41, 5.74) is 0.784. The summed E-state index contributed by atoms with van der Waals surface area (Å²) in [5, 5.41) is 2.60. The van der Waals surface area contributed by atoms with E-state index < -0.39 is 28.0 Å². The van der Waals surface area contributed by atoms with Gasteiger partial charge in [0, 0.05) is 24.3 Å². The van der Waals surface area contributed by atoms with Gasteiger partial charge >= 0.3 is 5.97 Å². The Bertz CT molecular complexity index is 1180. The molecule has 1 saturated heterocycles. The van der Waals surface area contributed by atoms with Crippen LogP contribution in [0.3, 0.4) is 0 Å². The summed E-state index contributed by atoms with van der Waals surface area (Å²) in [6.07, 6.45) is 1.32. The third-order valence-corrected chi connectivity index (χ3v) is 7.67. The highest BCUT2D eigenvalue weighted by molar-refractivity contribution is 7.89. The molecule has 0 radical (unpaired) electrons. The predicted molar refractivity (Wildman–Crippen MR) is 124 cm³/mol. The first-order valence-electron chi connectivity index (χ1n) is 10.5. The van der Waals surface area contributed by atoms with Gasteiger partial charge in [-0.15, -0.1) is 0 Å². The van der Waals surface area contributed by atoms with Crippen molar-refractivity contribution in [2.75, 3.05) is 18.4 Å². The SMILES string of the molecule is CC(=O)c1cccc(NC(=O)C(C)OC(=O)c2ccc(Cl)c(S(=O)(=O)N3CCCCC3)c2)c1. The van der Waals surface area contributed by atoms with E-state index in [1.807, 2.05) is 0 Å². The van der Waals surface area contributed by atoms with E-state index in [1.54, 1.807) is 18.2 Å². The number of carbonyl (C=O) groups excluding carboxylic acids is 3. The summed E-state index contributed by atoms with van der Waals surface area (Å²) in [6.45, 7) is 3.60. The van der Waals surface area contributed by atoms with Gasteiger partial charge in [0.15, 0.2) is 11.9 Å². The fourth-order valence-electron chi connectivity index (χ4n) is 3.41. The van der Waals surface area contributed by atoms with E-state index in [2.05, 4.69) is 5.32 Å². The number of Topliss-reactive ketones (excluding diaryl/α,β-unsaturated/α-hetero) is 1. The Balaban J connectivity index is 1.72. The maximum Gasteiger partial charge on any atom is 0.338 e. The van der Waals surface area contributed by atoms with Crippen LogP contribution in [0.1, 0.15) is 53.8 Å². The number of carbonyl (C=O) groups is 3.